The molecule has 0 aromatic heterocycles. The van der Waals surface area contributed by atoms with E-state index in [-0.39, 0.29) is 18.1 Å². The molecule has 1 aliphatic rings. The number of anilines is 1. The molecule has 3 rings (SSSR count). The third-order valence-corrected chi connectivity index (χ3v) is 5.98. The molecule has 1 fully saturated rings. The summed E-state index contributed by atoms with van der Waals surface area (Å²) in [5, 5.41) is 9.54. The van der Waals surface area contributed by atoms with Crippen molar-refractivity contribution in [3.05, 3.63) is 75.8 Å². The number of nitriles is 1. The Labute approximate surface area is 175 Å². The van der Waals surface area contributed by atoms with Gasteiger partial charge in [-0.15, -0.1) is 0 Å². The first kappa shape index (κ1) is 20.7. The average molecular weight is 407 g/mol. The molecule has 0 saturated carbocycles. The standard InChI is InChI=1S/C23H22N2O3S/c1-4-28-23(27)19(14-24)22-25(18-11-9-15(2)10-12-18)21(26)20(29-22)13-17-8-6-5-7-16(17)3/h5-12,20H,4,13H2,1-3H3/b22-19-/t20-/m0/s1. The van der Waals surface area contributed by atoms with Crippen LogP contribution in [0, 0.1) is 25.2 Å². The van der Waals surface area contributed by atoms with Crippen molar-refractivity contribution >= 4 is 29.3 Å². The molecule has 0 unspecified atom stereocenters. The lowest BCUT2D eigenvalue weighted by molar-refractivity contribution is -0.138. The predicted molar refractivity (Wildman–Crippen MR) is 114 cm³/mol. The molecular formula is C23H22N2O3S. The second-order valence-corrected chi connectivity index (χ2v) is 7.95. The third-order valence-electron chi connectivity index (χ3n) is 4.72. The van der Waals surface area contributed by atoms with Gasteiger partial charge in [0.15, 0.2) is 5.57 Å². The summed E-state index contributed by atoms with van der Waals surface area (Å²) in [7, 11) is 0. The molecule has 2 aromatic rings. The number of nitrogens with zero attached hydrogens (tertiary/aromatic N) is 2. The maximum Gasteiger partial charge on any atom is 0.351 e. The van der Waals surface area contributed by atoms with Gasteiger partial charge in [0.2, 0.25) is 5.91 Å². The summed E-state index contributed by atoms with van der Waals surface area (Å²) in [6.07, 6.45) is 0.517. The van der Waals surface area contributed by atoms with Gasteiger partial charge in [-0.05, 0) is 50.5 Å². The van der Waals surface area contributed by atoms with Gasteiger partial charge in [0, 0.05) is 5.69 Å². The largest absolute Gasteiger partial charge is 0.462 e. The maximum atomic E-state index is 13.3. The Morgan fingerprint density at radius 2 is 1.86 bits per heavy atom. The number of carbonyl (C=O) groups excluding carboxylic acids is 2. The van der Waals surface area contributed by atoms with Gasteiger partial charge in [-0.3, -0.25) is 9.69 Å². The van der Waals surface area contributed by atoms with Gasteiger partial charge in [-0.25, -0.2) is 4.79 Å². The number of benzene rings is 2. The van der Waals surface area contributed by atoms with Crippen LogP contribution in [0.25, 0.3) is 0 Å². The first-order valence-corrected chi connectivity index (χ1v) is 10.3. The fourth-order valence-electron chi connectivity index (χ4n) is 3.14. The van der Waals surface area contributed by atoms with E-state index in [2.05, 4.69) is 0 Å². The minimum Gasteiger partial charge on any atom is -0.462 e. The fourth-order valence-corrected chi connectivity index (χ4v) is 4.43. The Bertz CT molecular complexity index is 1010. The molecule has 1 saturated heterocycles. The summed E-state index contributed by atoms with van der Waals surface area (Å²) in [5.74, 6) is -0.854. The van der Waals surface area contributed by atoms with Crippen molar-refractivity contribution in [3.8, 4) is 6.07 Å². The molecular weight excluding hydrogens is 384 g/mol. The molecule has 5 nitrogen and oxygen atoms in total. The van der Waals surface area contributed by atoms with Crippen LogP contribution in [0.5, 0.6) is 0 Å². The Kier molecular flexibility index (Phi) is 6.40. The van der Waals surface area contributed by atoms with E-state index >= 15 is 0 Å². The van der Waals surface area contributed by atoms with Crippen molar-refractivity contribution in [2.24, 2.45) is 0 Å². The number of rotatable bonds is 5. The topological polar surface area (TPSA) is 70.4 Å². The molecule has 2 aromatic carbocycles. The molecule has 0 bridgehead atoms. The van der Waals surface area contributed by atoms with E-state index in [1.165, 1.54) is 16.7 Å². The van der Waals surface area contributed by atoms with Crippen molar-refractivity contribution in [2.75, 3.05) is 11.5 Å². The minimum absolute atomic E-state index is 0.141. The summed E-state index contributed by atoms with van der Waals surface area (Å²) in [6, 6.07) is 17.3. The zero-order valence-electron chi connectivity index (χ0n) is 16.6. The summed E-state index contributed by atoms with van der Waals surface area (Å²) in [5.41, 5.74) is 3.72. The first-order chi connectivity index (χ1) is 14.0. The van der Waals surface area contributed by atoms with E-state index in [0.29, 0.717) is 17.1 Å². The summed E-state index contributed by atoms with van der Waals surface area (Å²) in [4.78, 5) is 27.2. The average Bonchev–Trinajstić information content (AvgIpc) is 3.01. The van der Waals surface area contributed by atoms with E-state index in [1.807, 2.05) is 68.4 Å². The lowest BCUT2D eigenvalue weighted by Crippen LogP contribution is -2.30. The summed E-state index contributed by atoms with van der Waals surface area (Å²) < 4.78 is 5.05. The van der Waals surface area contributed by atoms with Crippen LogP contribution in [0.1, 0.15) is 23.6 Å². The minimum atomic E-state index is -0.709. The zero-order valence-corrected chi connectivity index (χ0v) is 17.5. The molecule has 0 aliphatic carbocycles. The summed E-state index contributed by atoms with van der Waals surface area (Å²) in [6.45, 7) is 5.81. The molecule has 0 radical (unpaired) electrons. The van der Waals surface area contributed by atoms with Crippen LogP contribution in [0.4, 0.5) is 5.69 Å². The molecule has 6 heteroatoms. The van der Waals surface area contributed by atoms with Gasteiger partial charge in [-0.1, -0.05) is 53.7 Å². The molecule has 1 amide bonds. The van der Waals surface area contributed by atoms with Gasteiger partial charge in [-0.2, -0.15) is 5.26 Å². The van der Waals surface area contributed by atoms with Crippen LogP contribution >= 0.6 is 11.8 Å². The Morgan fingerprint density at radius 1 is 1.17 bits per heavy atom. The second-order valence-electron chi connectivity index (χ2n) is 6.76. The monoisotopic (exact) mass is 406 g/mol. The zero-order chi connectivity index (χ0) is 21.0. The number of hydrogen-bond acceptors (Lipinski definition) is 5. The maximum absolute atomic E-state index is 13.3. The number of hydrogen-bond donors (Lipinski definition) is 0. The van der Waals surface area contributed by atoms with E-state index in [9.17, 15) is 14.9 Å². The number of carbonyl (C=O) groups is 2. The van der Waals surface area contributed by atoms with Crippen molar-refractivity contribution < 1.29 is 14.3 Å². The Hall–Kier alpha value is -3.04. The molecule has 0 N–H and O–H groups in total. The van der Waals surface area contributed by atoms with Crippen molar-refractivity contribution in [3.63, 3.8) is 0 Å². The number of ether oxygens (including phenoxy) is 1. The second kappa shape index (κ2) is 8.97. The van der Waals surface area contributed by atoms with Gasteiger partial charge < -0.3 is 4.74 Å². The highest BCUT2D eigenvalue weighted by Crippen LogP contribution is 2.42. The van der Waals surface area contributed by atoms with Gasteiger partial charge in [0.05, 0.1) is 11.9 Å². The third kappa shape index (κ3) is 4.36. The van der Waals surface area contributed by atoms with Crippen LogP contribution in [-0.2, 0) is 20.7 Å². The normalized spacial score (nSPS) is 17.8. The molecule has 1 atom stereocenters. The van der Waals surface area contributed by atoms with Crippen molar-refractivity contribution in [1.82, 2.24) is 0 Å². The van der Waals surface area contributed by atoms with E-state index in [4.69, 9.17) is 4.74 Å². The molecule has 1 aliphatic heterocycles. The van der Waals surface area contributed by atoms with Crippen LogP contribution < -0.4 is 4.90 Å². The van der Waals surface area contributed by atoms with Crippen LogP contribution in [-0.4, -0.2) is 23.7 Å². The van der Waals surface area contributed by atoms with E-state index in [1.54, 1.807) is 6.92 Å². The number of aryl methyl sites for hydroxylation is 2. The number of amides is 1. The molecule has 29 heavy (non-hydrogen) atoms. The smallest absolute Gasteiger partial charge is 0.351 e. The lowest BCUT2D eigenvalue weighted by atomic mass is 10.0. The molecule has 0 spiro atoms. The quantitative estimate of drug-likeness (QED) is 0.421. The molecule has 1 heterocycles. The highest BCUT2D eigenvalue weighted by atomic mass is 32.2. The molecule has 148 valence electrons. The number of thioether (sulfide) groups is 1. The summed E-state index contributed by atoms with van der Waals surface area (Å²) >= 11 is 1.25. The van der Waals surface area contributed by atoms with E-state index < -0.39 is 11.2 Å². The SMILES string of the molecule is CCOC(=O)/C(C#N)=C1\S[C@@H](Cc2ccccc2C)C(=O)N1c1ccc(C)cc1. The van der Waals surface area contributed by atoms with Gasteiger partial charge in [0.1, 0.15) is 11.1 Å². The lowest BCUT2D eigenvalue weighted by Gasteiger charge is -2.18. The van der Waals surface area contributed by atoms with E-state index in [0.717, 1.165) is 16.7 Å². The highest BCUT2D eigenvalue weighted by molar-refractivity contribution is 8.05. The van der Waals surface area contributed by atoms with Gasteiger partial charge >= 0.3 is 5.97 Å². The van der Waals surface area contributed by atoms with Crippen LogP contribution in [0.2, 0.25) is 0 Å². The van der Waals surface area contributed by atoms with Crippen molar-refractivity contribution in [2.45, 2.75) is 32.4 Å². The Balaban J connectivity index is 2.05. The van der Waals surface area contributed by atoms with Crippen LogP contribution in [0.3, 0.4) is 0 Å². The van der Waals surface area contributed by atoms with Gasteiger partial charge in [0.25, 0.3) is 0 Å². The predicted octanol–water partition coefficient (Wildman–Crippen LogP) is 4.29. The Morgan fingerprint density at radius 3 is 2.48 bits per heavy atom. The fraction of sp³-hybridized carbons (Fsp3) is 0.261. The van der Waals surface area contributed by atoms with Crippen molar-refractivity contribution in [1.29, 1.82) is 5.26 Å². The first-order valence-electron chi connectivity index (χ1n) is 9.39. The van der Waals surface area contributed by atoms with Crippen LogP contribution in [0.15, 0.2) is 59.1 Å². The highest BCUT2D eigenvalue weighted by Gasteiger charge is 2.41. The number of esters is 1.